The number of ether oxygens (including phenoxy) is 2. The molecular formula is C16H17N3O4S. The number of nitrogens with one attached hydrogen (secondary N) is 1. The zero-order valence-corrected chi connectivity index (χ0v) is 14.2. The summed E-state index contributed by atoms with van der Waals surface area (Å²) in [6.45, 7) is 0.224. The molecule has 0 spiro atoms. The molecule has 2 rings (SSSR count). The first kappa shape index (κ1) is 17.7. The number of amides is 1. The van der Waals surface area contributed by atoms with Crippen molar-refractivity contribution in [3.63, 3.8) is 0 Å². The lowest BCUT2D eigenvalue weighted by Gasteiger charge is -2.07. The first-order valence-electron chi connectivity index (χ1n) is 7.00. The number of carbonyl (C=O) groups is 1. The van der Waals surface area contributed by atoms with Crippen LogP contribution in [0.1, 0.15) is 5.89 Å². The van der Waals surface area contributed by atoms with Gasteiger partial charge < -0.3 is 19.3 Å². The van der Waals surface area contributed by atoms with E-state index in [1.807, 2.05) is 0 Å². The second kappa shape index (κ2) is 8.84. The van der Waals surface area contributed by atoms with Crippen LogP contribution in [0.25, 0.3) is 11.4 Å². The van der Waals surface area contributed by atoms with E-state index in [2.05, 4.69) is 21.4 Å². The van der Waals surface area contributed by atoms with Gasteiger partial charge in [0.15, 0.2) is 0 Å². The monoisotopic (exact) mass is 347 g/mol. The highest BCUT2D eigenvalue weighted by Gasteiger charge is 2.14. The van der Waals surface area contributed by atoms with E-state index in [4.69, 9.17) is 20.4 Å². The molecule has 1 heterocycles. The maximum atomic E-state index is 11.4. The summed E-state index contributed by atoms with van der Waals surface area (Å²) in [4.78, 5) is 15.8. The third-order valence-electron chi connectivity index (χ3n) is 2.96. The highest BCUT2D eigenvalue weighted by Crippen LogP contribution is 2.31. The number of thioether (sulfide) groups is 1. The zero-order chi connectivity index (χ0) is 17.4. The largest absolute Gasteiger partial charge is 0.497 e. The molecular weight excluding hydrogens is 330 g/mol. The van der Waals surface area contributed by atoms with Crippen LogP contribution >= 0.6 is 11.8 Å². The Balaban J connectivity index is 1.98. The molecule has 1 N–H and O–H groups in total. The fourth-order valence-corrected chi connectivity index (χ4v) is 2.52. The summed E-state index contributed by atoms with van der Waals surface area (Å²) in [5.74, 6) is 5.02. The van der Waals surface area contributed by atoms with Crippen molar-refractivity contribution < 1.29 is 18.8 Å². The first-order chi connectivity index (χ1) is 11.7. The highest BCUT2D eigenvalue weighted by atomic mass is 32.2. The first-order valence-corrected chi connectivity index (χ1v) is 8.16. The van der Waals surface area contributed by atoms with Crippen LogP contribution in [-0.4, -0.2) is 42.6 Å². The van der Waals surface area contributed by atoms with Crippen molar-refractivity contribution in [3.8, 4) is 35.2 Å². The third-order valence-corrected chi connectivity index (χ3v) is 3.88. The Morgan fingerprint density at radius 2 is 2.25 bits per heavy atom. The van der Waals surface area contributed by atoms with Crippen molar-refractivity contribution in [1.82, 2.24) is 15.5 Å². The van der Waals surface area contributed by atoms with Crippen molar-refractivity contribution in [2.75, 3.05) is 26.5 Å². The Kier molecular flexibility index (Phi) is 6.51. The summed E-state index contributed by atoms with van der Waals surface area (Å²) < 4.78 is 15.7. The fraction of sp³-hybridized carbons (Fsp3) is 0.312. The van der Waals surface area contributed by atoms with Crippen molar-refractivity contribution >= 4 is 17.7 Å². The van der Waals surface area contributed by atoms with Crippen molar-refractivity contribution in [1.29, 1.82) is 0 Å². The standard InChI is InChI=1S/C16H17N3O4S/c1-4-7-17-14(20)9-24-10-15-18-16(19-23-15)12-6-5-11(21-2)8-13(12)22-3/h1,5-6,8H,7,9-10H2,2-3H3,(H,17,20). The fourth-order valence-electron chi connectivity index (χ4n) is 1.84. The molecule has 0 bridgehead atoms. The second-order valence-corrected chi connectivity index (χ2v) is 5.54. The number of nitrogens with zero attached hydrogens (tertiary/aromatic N) is 2. The molecule has 1 amide bonds. The van der Waals surface area contributed by atoms with E-state index in [0.29, 0.717) is 34.5 Å². The smallest absolute Gasteiger partial charge is 0.236 e. The zero-order valence-electron chi connectivity index (χ0n) is 13.4. The average molecular weight is 347 g/mol. The van der Waals surface area contributed by atoms with Crippen LogP contribution in [-0.2, 0) is 10.5 Å². The molecule has 0 atom stereocenters. The number of terminal acetylenes is 1. The van der Waals surface area contributed by atoms with Gasteiger partial charge in [0.1, 0.15) is 11.5 Å². The van der Waals surface area contributed by atoms with Crippen LogP contribution in [0.4, 0.5) is 0 Å². The molecule has 0 aliphatic carbocycles. The van der Waals surface area contributed by atoms with Gasteiger partial charge >= 0.3 is 0 Å². The molecule has 1 aromatic heterocycles. The van der Waals surface area contributed by atoms with Gasteiger partial charge in [-0.25, -0.2) is 0 Å². The van der Waals surface area contributed by atoms with Crippen LogP contribution in [0.5, 0.6) is 11.5 Å². The maximum absolute atomic E-state index is 11.4. The molecule has 0 aliphatic heterocycles. The predicted molar refractivity (Wildman–Crippen MR) is 90.8 cm³/mol. The number of aromatic nitrogens is 2. The highest BCUT2D eigenvalue weighted by molar-refractivity contribution is 7.99. The molecule has 0 fully saturated rings. The van der Waals surface area contributed by atoms with Crippen molar-refractivity contribution in [2.45, 2.75) is 5.75 Å². The lowest BCUT2D eigenvalue weighted by Crippen LogP contribution is -2.25. The molecule has 126 valence electrons. The molecule has 0 radical (unpaired) electrons. The van der Waals surface area contributed by atoms with Crippen molar-refractivity contribution in [3.05, 3.63) is 24.1 Å². The number of methoxy groups -OCH3 is 2. The lowest BCUT2D eigenvalue weighted by molar-refractivity contribution is -0.118. The van der Waals surface area contributed by atoms with Gasteiger partial charge in [0, 0.05) is 6.07 Å². The summed E-state index contributed by atoms with van der Waals surface area (Å²) in [6, 6.07) is 5.33. The summed E-state index contributed by atoms with van der Waals surface area (Å²) >= 11 is 1.36. The summed E-state index contributed by atoms with van der Waals surface area (Å²) in [6.07, 6.45) is 5.07. The topological polar surface area (TPSA) is 86.5 Å². The van der Waals surface area contributed by atoms with E-state index in [9.17, 15) is 4.79 Å². The molecule has 1 aromatic carbocycles. The van der Waals surface area contributed by atoms with Crippen LogP contribution < -0.4 is 14.8 Å². The van der Waals surface area contributed by atoms with Crippen LogP contribution in [0.15, 0.2) is 22.7 Å². The molecule has 0 saturated carbocycles. The molecule has 8 heteroatoms. The van der Waals surface area contributed by atoms with Crippen molar-refractivity contribution in [2.24, 2.45) is 0 Å². The molecule has 2 aromatic rings. The normalized spacial score (nSPS) is 10.0. The number of carbonyl (C=O) groups excluding carboxylic acids is 1. The Labute approximate surface area is 144 Å². The SMILES string of the molecule is C#CCNC(=O)CSCc1nc(-c2ccc(OC)cc2OC)no1. The van der Waals surface area contributed by atoms with E-state index in [1.165, 1.54) is 11.8 Å². The van der Waals surface area contributed by atoms with E-state index in [0.717, 1.165) is 0 Å². The lowest BCUT2D eigenvalue weighted by atomic mass is 10.2. The van der Waals surface area contributed by atoms with Gasteiger partial charge in [0.05, 0.1) is 37.8 Å². The second-order valence-electron chi connectivity index (χ2n) is 4.55. The molecule has 0 unspecified atom stereocenters. The van der Waals surface area contributed by atoms with Gasteiger partial charge in [-0.05, 0) is 12.1 Å². The maximum Gasteiger partial charge on any atom is 0.236 e. The van der Waals surface area contributed by atoms with Crippen LogP contribution in [0.2, 0.25) is 0 Å². The Hall–Kier alpha value is -2.66. The molecule has 0 aliphatic rings. The Bertz CT molecular complexity index is 739. The quantitative estimate of drug-likeness (QED) is 0.728. The molecule has 24 heavy (non-hydrogen) atoms. The number of hydrogen-bond donors (Lipinski definition) is 1. The van der Waals surface area contributed by atoms with E-state index in [-0.39, 0.29) is 18.2 Å². The van der Waals surface area contributed by atoms with Crippen LogP contribution in [0.3, 0.4) is 0 Å². The summed E-state index contributed by atoms with van der Waals surface area (Å²) in [7, 11) is 3.14. The molecule has 0 saturated heterocycles. The van der Waals surface area contributed by atoms with E-state index < -0.39 is 0 Å². The average Bonchev–Trinajstić information content (AvgIpc) is 3.07. The van der Waals surface area contributed by atoms with E-state index in [1.54, 1.807) is 32.4 Å². The summed E-state index contributed by atoms with van der Waals surface area (Å²) in [5, 5.41) is 6.54. The Morgan fingerprint density at radius 3 is 2.96 bits per heavy atom. The minimum Gasteiger partial charge on any atom is -0.497 e. The van der Waals surface area contributed by atoms with Gasteiger partial charge in [0.25, 0.3) is 0 Å². The number of hydrogen-bond acceptors (Lipinski definition) is 7. The number of benzene rings is 1. The summed E-state index contributed by atoms with van der Waals surface area (Å²) in [5.41, 5.74) is 0.699. The Morgan fingerprint density at radius 1 is 1.42 bits per heavy atom. The van der Waals surface area contributed by atoms with Gasteiger partial charge in [-0.1, -0.05) is 11.1 Å². The minimum atomic E-state index is -0.130. The van der Waals surface area contributed by atoms with Gasteiger partial charge in [-0.2, -0.15) is 4.98 Å². The van der Waals surface area contributed by atoms with E-state index >= 15 is 0 Å². The number of rotatable bonds is 8. The van der Waals surface area contributed by atoms with Gasteiger partial charge in [-0.15, -0.1) is 18.2 Å². The predicted octanol–water partition coefficient (Wildman–Crippen LogP) is 1.74. The molecule has 7 nitrogen and oxygen atoms in total. The minimum absolute atomic E-state index is 0.130. The van der Waals surface area contributed by atoms with Gasteiger partial charge in [-0.3, -0.25) is 4.79 Å². The van der Waals surface area contributed by atoms with Crippen LogP contribution in [0, 0.1) is 12.3 Å². The third kappa shape index (κ3) is 4.67. The van der Waals surface area contributed by atoms with Gasteiger partial charge in [0.2, 0.25) is 17.6 Å².